The van der Waals surface area contributed by atoms with Crippen LogP contribution in [0.1, 0.15) is 0 Å². The fourth-order valence-electron chi connectivity index (χ4n) is 1.74. The summed E-state index contributed by atoms with van der Waals surface area (Å²) in [6.07, 6.45) is 0. The number of benzene rings is 2. The number of anilines is 1. The van der Waals surface area contributed by atoms with Crippen molar-refractivity contribution in [3.63, 3.8) is 0 Å². The van der Waals surface area contributed by atoms with E-state index < -0.39 is 10.3 Å². The molecular weight excluding hydrogens is 280 g/mol. The molecule has 0 spiro atoms. The Balaban J connectivity index is 2.34. The van der Waals surface area contributed by atoms with Gasteiger partial charge in [-0.2, -0.15) is 8.42 Å². The highest BCUT2D eigenvalue weighted by Crippen LogP contribution is 2.30. The highest BCUT2D eigenvalue weighted by Gasteiger charge is 2.08. The van der Waals surface area contributed by atoms with Gasteiger partial charge in [-0.3, -0.25) is 4.55 Å². The molecule has 0 radical (unpaired) electrons. The zero-order valence-electron chi connectivity index (χ0n) is 10.7. The molecule has 0 amide bonds. The van der Waals surface area contributed by atoms with Gasteiger partial charge in [0.2, 0.25) is 0 Å². The van der Waals surface area contributed by atoms with Crippen molar-refractivity contribution in [1.82, 2.24) is 4.83 Å². The van der Waals surface area contributed by atoms with Gasteiger partial charge in [-0.1, -0.05) is 36.4 Å². The number of rotatable bonds is 5. The van der Waals surface area contributed by atoms with Crippen molar-refractivity contribution in [2.24, 2.45) is 0 Å². The Kier molecular flexibility index (Phi) is 4.23. The fraction of sp³-hybridized carbons (Fsp3) is 0.0769. The lowest BCUT2D eigenvalue weighted by Crippen LogP contribution is -2.28. The Labute approximate surface area is 117 Å². The van der Waals surface area contributed by atoms with E-state index in [-0.39, 0.29) is 0 Å². The van der Waals surface area contributed by atoms with Crippen LogP contribution < -0.4 is 15.0 Å². The summed E-state index contributed by atoms with van der Waals surface area (Å²) in [5.41, 5.74) is 4.65. The summed E-state index contributed by atoms with van der Waals surface area (Å²) in [5.74, 6) is 0.445. The van der Waals surface area contributed by atoms with Crippen molar-refractivity contribution in [2.45, 2.75) is 0 Å². The monoisotopic (exact) mass is 294 g/mol. The summed E-state index contributed by atoms with van der Waals surface area (Å²) >= 11 is 0. The molecular formula is C13H14N2O4S. The maximum absolute atomic E-state index is 10.7. The summed E-state index contributed by atoms with van der Waals surface area (Å²) in [4.78, 5) is 1.79. The lowest BCUT2D eigenvalue weighted by molar-refractivity contribution is 0.416. The maximum atomic E-state index is 10.7. The molecule has 7 heteroatoms. The van der Waals surface area contributed by atoms with Crippen LogP contribution in [0.4, 0.5) is 5.69 Å². The fourth-order valence-corrected chi connectivity index (χ4v) is 1.97. The Hall–Kier alpha value is -2.09. The van der Waals surface area contributed by atoms with Crippen molar-refractivity contribution in [3.05, 3.63) is 48.5 Å². The van der Waals surface area contributed by atoms with E-state index in [2.05, 4.69) is 5.43 Å². The predicted octanol–water partition coefficient (Wildman–Crippen LogP) is 2.08. The van der Waals surface area contributed by atoms with Crippen molar-refractivity contribution < 1.29 is 17.7 Å². The molecule has 0 bridgehead atoms. The molecule has 0 aliphatic rings. The molecule has 6 nitrogen and oxygen atoms in total. The smallest absolute Gasteiger partial charge is 0.350 e. The Morgan fingerprint density at radius 3 is 2.35 bits per heavy atom. The highest BCUT2D eigenvalue weighted by atomic mass is 32.2. The van der Waals surface area contributed by atoms with E-state index in [1.807, 2.05) is 36.4 Å². The van der Waals surface area contributed by atoms with Gasteiger partial charge < -0.3 is 10.2 Å². The number of methoxy groups -OCH3 is 1. The lowest BCUT2D eigenvalue weighted by atomic mass is 10.1. The predicted molar refractivity (Wildman–Crippen MR) is 76.7 cm³/mol. The molecule has 20 heavy (non-hydrogen) atoms. The van der Waals surface area contributed by atoms with Gasteiger partial charge in [0.1, 0.15) is 5.75 Å². The molecule has 3 N–H and O–H groups in total. The van der Waals surface area contributed by atoms with Crippen LogP contribution in [-0.4, -0.2) is 20.1 Å². The second kappa shape index (κ2) is 5.91. The molecule has 0 unspecified atom stereocenters. The van der Waals surface area contributed by atoms with Gasteiger partial charge in [0.15, 0.2) is 0 Å². The second-order valence-corrected chi connectivity index (χ2v) is 5.14. The first kappa shape index (κ1) is 14.3. The topological polar surface area (TPSA) is 87.7 Å². The van der Waals surface area contributed by atoms with E-state index in [1.165, 1.54) is 7.11 Å². The molecule has 2 rings (SSSR count). The second-order valence-electron chi connectivity index (χ2n) is 3.98. The summed E-state index contributed by atoms with van der Waals surface area (Å²) in [5, 5.41) is 0. The molecule has 0 atom stereocenters. The number of hydrogen-bond acceptors (Lipinski definition) is 4. The minimum absolute atomic E-state index is 0.395. The molecule has 0 aliphatic carbocycles. The zero-order chi connectivity index (χ0) is 14.6. The summed E-state index contributed by atoms with van der Waals surface area (Å²) in [6.45, 7) is 0. The molecule has 0 saturated heterocycles. The van der Waals surface area contributed by atoms with Crippen molar-refractivity contribution in [1.29, 1.82) is 0 Å². The van der Waals surface area contributed by atoms with Crippen LogP contribution in [0, 0.1) is 0 Å². The van der Waals surface area contributed by atoms with E-state index in [9.17, 15) is 8.42 Å². The average molecular weight is 294 g/mol. The molecule has 0 fully saturated rings. The molecule has 0 aromatic heterocycles. The number of ether oxygens (including phenoxy) is 1. The molecule has 0 saturated carbocycles. The van der Waals surface area contributed by atoms with Crippen LogP contribution in [0.15, 0.2) is 48.5 Å². The van der Waals surface area contributed by atoms with Gasteiger partial charge in [0, 0.05) is 0 Å². The van der Waals surface area contributed by atoms with E-state index in [0.29, 0.717) is 11.4 Å². The van der Waals surface area contributed by atoms with E-state index in [4.69, 9.17) is 9.29 Å². The van der Waals surface area contributed by atoms with Gasteiger partial charge in [-0.05, 0) is 23.3 Å². The quantitative estimate of drug-likeness (QED) is 0.580. The molecule has 2 aromatic rings. The van der Waals surface area contributed by atoms with Crippen LogP contribution in [0.3, 0.4) is 0 Å². The minimum atomic E-state index is -4.34. The molecule has 2 aromatic carbocycles. The van der Waals surface area contributed by atoms with Crippen LogP contribution in [0.5, 0.6) is 5.75 Å². The number of hydrazine groups is 1. The third-order valence-corrected chi connectivity index (χ3v) is 2.98. The Morgan fingerprint density at radius 2 is 1.75 bits per heavy atom. The number of nitrogens with one attached hydrogen (secondary N) is 2. The molecule has 0 aliphatic heterocycles. The largest absolute Gasteiger partial charge is 0.495 e. The Morgan fingerprint density at radius 1 is 1.05 bits per heavy atom. The summed E-state index contributed by atoms with van der Waals surface area (Å²) in [7, 11) is -2.87. The van der Waals surface area contributed by atoms with Crippen LogP contribution in [-0.2, 0) is 10.3 Å². The van der Waals surface area contributed by atoms with Crippen molar-refractivity contribution in [2.75, 3.05) is 12.5 Å². The normalized spacial score (nSPS) is 11.1. The first-order valence-electron chi connectivity index (χ1n) is 5.73. The lowest BCUT2D eigenvalue weighted by Gasteiger charge is -2.12. The first-order valence-corrected chi connectivity index (χ1v) is 7.17. The highest BCUT2D eigenvalue weighted by molar-refractivity contribution is 7.83. The standard InChI is InChI=1S/C13H14N2O4S/c1-19-13-8-7-11(10-5-3-2-4-6-10)9-12(13)14-15-20(16,17)18/h2-9,14-15H,1H3,(H,16,17,18). The van der Waals surface area contributed by atoms with Gasteiger partial charge >= 0.3 is 10.3 Å². The average Bonchev–Trinajstić information content (AvgIpc) is 2.45. The zero-order valence-corrected chi connectivity index (χ0v) is 11.5. The van der Waals surface area contributed by atoms with Crippen LogP contribution in [0.25, 0.3) is 11.1 Å². The summed E-state index contributed by atoms with van der Waals surface area (Å²) < 4.78 is 35.2. The first-order chi connectivity index (χ1) is 9.49. The summed E-state index contributed by atoms with van der Waals surface area (Å²) in [6, 6.07) is 14.9. The minimum Gasteiger partial charge on any atom is -0.495 e. The van der Waals surface area contributed by atoms with Gasteiger partial charge in [-0.15, -0.1) is 4.83 Å². The van der Waals surface area contributed by atoms with Gasteiger partial charge in [0.05, 0.1) is 12.8 Å². The number of hydrogen-bond donors (Lipinski definition) is 3. The van der Waals surface area contributed by atoms with Crippen molar-refractivity contribution >= 4 is 16.0 Å². The third kappa shape index (κ3) is 3.70. The third-order valence-electron chi connectivity index (χ3n) is 2.62. The Bertz CT molecular complexity index is 687. The van der Waals surface area contributed by atoms with Crippen LogP contribution in [0.2, 0.25) is 0 Å². The van der Waals surface area contributed by atoms with E-state index >= 15 is 0 Å². The van der Waals surface area contributed by atoms with E-state index in [0.717, 1.165) is 11.1 Å². The van der Waals surface area contributed by atoms with Gasteiger partial charge in [-0.25, -0.2) is 0 Å². The van der Waals surface area contributed by atoms with Crippen molar-refractivity contribution in [3.8, 4) is 16.9 Å². The SMILES string of the molecule is COc1ccc(-c2ccccc2)cc1NNS(=O)(=O)O. The molecule has 106 valence electrons. The van der Waals surface area contributed by atoms with Crippen LogP contribution >= 0.6 is 0 Å². The maximum Gasteiger partial charge on any atom is 0.350 e. The molecule has 0 heterocycles. The van der Waals surface area contributed by atoms with Gasteiger partial charge in [0.25, 0.3) is 0 Å². The van der Waals surface area contributed by atoms with E-state index in [1.54, 1.807) is 17.0 Å².